The van der Waals surface area contributed by atoms with Crippen molar-refractivity contribution in [3.8, 4) is 0 Å². The number of rotatable bonds is 7. The van der Waals surface area contributed by atoms with Gasteiger partial charge < -0.3 is 15.0 Å². The van der Waals surface area contributed by atoms with Gasteiger partial charge in [0.25, 0.3) is 0 Å². The second kappa shape index (κ2) is 8.29. The minimum Gasteiger partial charge on any atom is -0.381 e. The first-order chi connectivity index (χ1) is 12.2. The van der Waals surface area contributed by atoms with Crippen molar-refractivity contribution < 1.29 is 9.53 Å². The number of fused-ring (bicyclic) bond motifs is 1. The van der Waals surface area contributed by atoms with Crippen LogP contribution >= 0.6 is 0 Å². The molecule has 25 heavy (non-hydrogen) atoms. The number of aromatic nitrogens is 3. The molecule has 7 nitrogen and oxygen atoms in total. The Labute approximate surface area is 148 Å². The standard InChI is InChI=1S/C18H27N5O2/c1-14(2)13-25-12-6-9-19-18(24)22-11-5-7-15(22)17-21-20-16-8-3-4-10-23(16)17/h3-4,8,10,14-15H,5-7,9,11-13H2,1-2H3,(H,19,24)/t15-/m0/s1. The Bertz CT molecular complexity index is 700. The zero-order valence-corrected chi connectivity index (χ0v) is 15.0. The summed E-state index contributed by atoms with van der Waals surface area (Å²) in [6.45, 7) is 7.08. The maximum absolute atomic E-state index is 12.5. The zero-order valence-electron chi connectivity index (χ0n) is 15.0. The van der Waals surface area contributed by atoms with Crippen molar-refractivity contribution in [2.45, 2.75) is 39.2 Å². The zero-order chi connectivity index (χ0) is 17.6. The highest BCUT2D eigenvalue weighted by atomic mass is 16.5. The van der Waals surface area contributed by atoms with E-state index in [1.54, 1.807) is 0 Å². The van der Waals surface area contributed by atoms with E-state index in [2.05, 4.69) is 29.4 Å². The lowest BCUT2D eigenvalue weighted by Gasteiger charge is -2.23. The lowest BCUT2D eigenvalue weighted by atomic mass is 10.2. The molecule has 0 aromatic carbocycles. The topological polar surface area (TPSA) is 71.8 Å². The van der Waals surface area contributed by atoms with Crippen LogP contribution in [0.25, 0.3) is 5.65 Å². The van der Waals surface area contributed by atoms with Crippen molar-refractivity contribution in [2.75, 3.05) is 26.3 Å². The average Bonchev–Trinajstić information content (AvgIpc) is 3.23. The summed E-state index contributed by atoms with van der Waals surface area (Å²) in [5.41, 5.74) is 0.812. The molecule has 0 spiro atoms. The first kappa shape index (κ1) is 17.7. The van der Waals surface area contributed by atoms with Crippen molar-refractivity contribution in [3.63, 3.8) is 0 Å². The van der Waals surface area contributed by atoms with Crippen LogP contribution in [-0.4, -0.2) is 51.8 Å². The number of amides is 2. The number of urea groups is 1. The number of hydrogen-bond acceptors (Lipinski definition) is 4. The smallest absolute Gasteiger partial charge is 0.318 e. The highest BCUT2D eigenvalue weighted by molar-refractivity contribution is 5.75. The van der Waals surface area contributed by atoms with E-state index in [4.69, 9.17) is 4.74 Å². The van der Waals surface area contributed by atoms with E-state index >= 15 is 0 Å². The number of likely N-dealkylation sites (tertiary alicyclic amines) is 1. The molecular weight excluding hydrogens is 318 g/mol. The molecule has 7 heteroatoms. The molecule has 0 radical (unpaired) electrons. The van der Waals surface area contributed by atoms with E-state index in [1.807, 2.05) is 33.7 Å². The van der Waals surface area contributed by atoms with Crippen LogP contribution in [0.5, 0.6) is 0 Å². The maximum atomic E-state index is 12.5. The Morgan fingerprint density at radius 2 is 2.28 bits per heavy atom. The summed E-state index contributed by atoms with van der Waals surface area (Å²) in [4.78, 5) is 14.4. The van der Waals surface area contributed by atoms with Gasteiger partial charge in [-0.3, -0.25) is 4.40 Å². The second-order valence-electron chi connectivity index (χ2n) is 6.89. The van der Waals surface area contributed by atoms with Gasteiger partial charge in [-0.15, -0.1) is 10.2 Å². The summed E-state index contributed by atoms with van der Waals surface area (Å²) in [6.07, 6.45) is 4.67. The molecular formula is C18H27N5O2. The predicted molar refractivity (Wildman–Crippen MR) is 95.3 cm³/mol. The summed E-state index contributed by atoms with van der Waals surface area (Å²) in [5, 5.41) is 11.5. The Hall–Kier alpha value is -2.15. The van der Waals surface area contributed by atoms with Crippen molar-refractivity contribution in [3.05, 3.63) is 30.2 Å². The molecule has 1 aliphatic rings. The Morgan fingerprint density at radius 1 is 1.40 bits per heavy atom. The van der Waals surface area contributed by atoms with E-state index in [9.17, 15) is 4.79 Å². The highest BCUT2D eigenvalue weighted by Crippen LogP contribution is 2.30. The van der Waals surface area contributed by atoms with E-state index in [0.29, 0.717) is 19.1 Å². The summed E-state index contributed by atoms with van der Waals surface area (Å²) < 4.78 is 7.51. The third kappa shape index (κ3) is 4.28. The summed E-state index contributed by atoms with van der Waals surface area (Å²) >= 11 is 0. The predicted octanol–water partition coefficient (Wildman–Crippen LogP) is 2.64. The second-order valence-corrected chi connectivity index (χ2v) is 6.89. The van der Waals surface area contributed by atoms with Crippen molar-refractivity contribution in [2.24, 2.45) is 5.92 Å². The molecule has 2 aromatic rings. The van der Waals surface area contributed by atoms with Gasteiger partial charge in [0.1, 0.15) is 0 Å². The number of nitrogens with zero attached hydrogens (tertiary/aromatic N) is 4. The van der Waals surface area contributed by atoms with Crippen molar-refractivity contribution in [1.82, 2.24) is 24.8 Å². The van der Waals surface area contributed by atoms with Gasteiger partial charge in [-0.1, -0.05) is 19.9 Å². The largest absolute Gasteiger partial charge is 0.381 e. The number of pyridine rings is 1. The molecule has 2 amide bonds. The van der Waals surface area contributed by atoms with Crippen LogP contribution in [0.4, 0.5) is 4.79 Å². The van der Waals surface area contributed by atoms with Gasteiger partial charge in [-0.25, -0.2) is 4.79 Å². The van der Waals surface area contributed by atoms with Gasteiger partial charge in [0, 0.05) is 32.5 Å². The van der Waals surface area contributed by atoms with Gasteiger partial charge in [-0.2, -0.15) is 0 Å². The summed E-state index contributed by atoms with van der Waals surface area (Å²) in [7, 11) is 0. The molecule has 3 heterocycles. The molecule has 1 aliphatic heterocycles. The Kier molecular flexibility index (Phi) is 5.86. The van der Waals surface area contributed by atoms with Crippen molar-refractivity contribution in [1.29, 1.82) is 0 Å². The Balaban J connectivity index is 1.54. The van der Waals surface area contributed by atoms with Crippen molar-refractivity contribution >= 4 is 11.7 Å². The Morgan fingerprint density at radius 3 is 3.12 bits per heavy atom. The number of carbonyl (C=O) groups excluding carboxylic acids is 1. The SMILES string of the molecule is CC(C)COCCCNC(=O)N1CCC[C@H]1c1nnc2ccccn12. The van der Waals surface area contributed by atoms with Crippen LogP contribution in [0.2, 0.25) is 0 Å². The van der Waals surface area contributed by atoms with E-state index in [0.717, 1.165) is 43.9 Å². The fraction of sp³-hybridized carbons (Fsp3) is 0.611. The fourth-order valence-corrected chi connectivity index (χ4v) is 3.16. The third-order valence-corrected chi connectivity index (χ3v) is 4.34. The minimum atomic E-state index is -0.0287. The number of ether oxygens (including phenoxy) is 1. The molecule has 0 bridgehead atoms. The summed E-state index contributed by atoms with van der Waals surface area (Å²) in [5.74, 6) is 1.38. The van der Waals surface area contributed by atoms with Crippen LogP contribution in [0.1, 0.15) is 45.0 Å². The van der Waals surface area contributed by atoms with Gasteiger partial charge >= 0.3 is 6.03 Å². The first-order valence-corrected chi connectivity index (χ1v) is 9.08. The molecule has 1 N–H and O–H groups in total. The monoisotopic (exact) mass is 345 g/mol. The maximum Gasteiger partial charge on any atom is 0.318 e. The molecule has 0 aliphatic carbocycles. The number of nitrogens with one attached hydrogen (secondary N) is 1. The third-order valence-electron chi connectivity index (χ3n) is 4.34. The minimum absolute atomic E-state index is 0.0189. The van der Waals surface area contributed by atoms with Crippen LogP contribution in [-0.2, 0) is 4.74 Å². The summed E-state index contributed by atoms with van der Waals surface area (Å²) in [6, 6.07) is 5.77. The molecule has 3 rings (SSSR count). The van der Waals surface area contributed by atoms with Crippen LogP contribution in [0.15, 0.2) is 24.4 Å². The molecule has 1 saturated heterocycles. The van der Waals surface area contributed by atoms with Crippen LogP contribution < -0.4 is 5.32 Å². The highest BCUT2D eigenvalue weighted by Gasteiger charge is 2.33. The molecule has 1 fully saturated rings. The quantitative estimate of drug-likeness (QED) is 0.783. The molecule has 0 saturated carbocycles. The first-order valence-electron chi connectivity index (χ1n) is 9.08. The average molecular weight is 345 g/mol. The molecule has 136 valence electrons. The number of carbonyl (C=O) groups is 1. The molecule has 2 aromatic heterocycles. The lowest BCUT2D eigenvalue weighted by molar-refractivity contribution is 0.107. The van der Waals surface area contributed by atoms with Gasteiger partial charge in [-0.05, 0) is 37.3 Å². The fourth-order valence-electron chi connectivity index (χ4n) is 3.16. The van der Waals surface area contributed by atoms with E-state index < -0.39 is 0 Å². The van der Waals surface area contributed by atoms with Gasteiger partial charge in [0.05, 0.1) is 6.04 Å². The van der Waals surface area contributed by atoms with E-state index in [1.165, 1.54) is 0 Å². The number of hydrogen-bond donors (Lipinski definition) is 1. The van der Waals surface area contributed by atoms with Crippen LogP contribution in [0, 0.1) is 5.92 Å². The molecule has 0 unspecified atom stereocenters. The molecule has 1 atom stereocenters. The van der Waals surface area contributed by atoms with E-state index in [-0.39, 0.29) is 12.1 Å². The normalized spacial score (nSPS) is 17.6. The lowest BCUT2D eigenvalue weighted by Crippen LogP contribution is -2.40. The van der Waals surface area contributed by atoms with Gasteiger partial charge in [0.2, 0.25) is 0 Å². The van der Waals surface area contributed by atoms with Gasteiger partial charge in [0.15, 0.2) is 11.5 Å². The van der Waals surface area contributed by atoms with Crippen LogP contribution in [0.3, 0.4) is 0 Å².